The number of hydrogen-bond acceptors (Lipinski definition) is 1. The second-order valence-electron chi connectivity index (χ2n) is 6.23. The van der Waals surface area contributed by atoms with Crippen molar-refractivity contribution in [2.75, 3.05) is 5.32 Å². The molecule has 0 aromatic heterocycles. The summed E-state index contributed by atoms with van der Waals surface area (Å²) >= 11 is 3.48. The Bertz CT molecular complexity index is 964. The van der Waals surface area contributed by atoms with Crippen molar-refractivity contribution in [3.05, 3.63) is 114 Å². The van der Waals surface area contributed by atoms with Gasteiger partial charge in [-0.05, 0) is 54.0 Å². The summed E-state index contributed by atoms with van der Waals surface area (Å²) in [7, 11) is 0. The number of anilines is 2. The molecular weight excluding hydrogens is 394 g/mol. The Labute approximate surface area is 169 Å². The first-order valence-corrected chi connectivity index (χ1v) is 9.65. The van der Waals surface area contributed by atoms with Crippen LogP contribution in [0.4, 0.5) is 11.4 Å². The first-order valence-electron chi connectivity index (χ1n) is 8.86. The summed E-state index contributed by atoms with van der Waals surface area (Å²) in [5, 5.41) is 3.54. The monoisotopic (exact) mass is 415 g/mol. The maximum atomic E-state index is 3.71. The van der Waals surface area contributed by atoms with Gasteiger partial charge in [0.2, 0.25) is 0 Å². The van der Waals surface area contributed by atoms with E-state index < -0.39 is 0 Å². The fourth-order valence-electron chi connectivity index (χ4n) is 2.85. The summed E-state index contributed by atoms with van der Waals surface area (Å²) in [6, 6.07) is 25.2. The second-order valence-corrected chi connectivity index (χ2v) is 7.14. The van der Waals surface area contributed by atoms with E-state index in [0.29, 0.717) is 0 Å². The van der Waals surface area contributed by atoms with E-state index in [-0.39, 0.29) is 0 Å². The fraction of sp³-hybridized carbons (Fsp3) is 0.0400. The highest BCUT2D eigenvalue weighted by molar-refractivity contribution is 9.10. The van der Waals surface area contributed by atoms with Crippen molar-refractivity contribution in [3.8, 4) is 11.1 Å². The lowest BCUT2D eigenvalue weighted by molar-refractivity contribution is 1.49. The van der Waals surface area contributed by atoms with Crippen LogP contribution in [0.15, 0.2) is 108 Å². The average Bonchev–Trinajstić information content (AvgIpc) is 2.70. The molecule has 0 fully saturated rings. The standard InChI is InChI=1S/C25H22BrN/c1-3-4-5-8-19(2)24-9-6-7-10-25(24)27-23-17-13-21(14-18-23)20-11-15-22(26)16-12-20/h3-18,27H,1H2,2H3/b5-4-,19-8+. The highest BCUT2D eigenvalue weighted by Gasteiger charge is 2.04. The van der Waals surface area contributed by atoms with Crippen molar-refractivity contribution >= 4 is 32.9 Å². The third-order valence-electron chi connectivity index (χ3n) is 4.29. The van der Waals surface area contributed by atoms with Crippen molar-refractivity contribution in [3.63, 3.8) is 0 Å². The van der Waals surface area contributed by atoms with Gasteiger partial charge in [0.1, 0.15) is 0 Å². The molecule has 0 aliphatic heterocycles. The van der Waals surface area contributed by atoms with Gasteiger partial charge in [0.15, 0.2) is 0 Å². The molecule has 2 heteroatoms. The van der Waals surface area contributed by atoms with Crippen molar-refractivity contribution in [2.24, 2.45) is 0 Å². The van der Waals surface area contributed by atoms with E-state index in [4.69, 9.17) is 0 Å². The highest BCUT2D eigenvalue weighted by atomic mass is 79.9. The van der Waals surface area contributed by atoms with Crippen LogP contribution in [0, 0.1) is 0 Å². The molecule has 0 saturated carbocycles. The number of rotatable bonds is 6. The van der Waals surface area contributed by atoms with Gasteiger partial charge >= 0.3 is 0 Å². The second kappa shape index (κ2) is 9.20. The molecule has 0 radical (unpaired) electrons. The van der Waals surface area contributed by atoms with Crippen LogP contribution in [0.1, 0.15) is 12.5 Å². The minimum absolute atomic E-state index is 1.07. The Morgan fingerprint density at radius 3 is 2.15 bits per heavy atom. The molecule has 0 bridgehead atoms. The van der Waals surface area contributed by atoms with E-state index in [0.717, 1.165) is 15.8 Å². The average molecular weight is 416 g/mol. The molecule has 1 N–H and O–H groups in total. The number of hydrogen-bond donors (Lipinski definition) is 1. The van der Waals surface area contributed by atoms with E-state index in [1.165, 1.54) is 22.3 Å². The summed E-state index contributed by atoms with van der Waals surface area (Å²) in [4.78, 5) is 0. The Morgan fingerprint density at radius 1 is 0.852 bits per heavy atom. The minimum atomic E-state index is 1.07. The number of benzene rings is 3. The van der Waals surface area contributed by atoms with Crippen LogP contribution < -0.4 is 5.32 Å². The SMILES string of the molecule is C=C/C=C\C=C(/C)c1ccccc1Nc1ccc(-c2ccc(Br)cc2)cc1. The first-order chi connectivity index (χ1) is 13.2. The molecule has 3 aromatic carbocycles. The summed E-state index contributed by atoms with van der Waals surface area (Å²) < 4.78 is 1.09. The normalized spacial score (nSPS) is 11.6. The van der Waals surface area contributed by atoms with Crippen molar-refractivity contribution in [2.45, 2.75) is 6.92 Å². The molecule has 3 rings (SSSR count). The van der Waals surface area contributed by atoms with E-state index in [1.807, 2.05) is 12.2 Å². The summed E-state index contributed by atoms with van der Waals surface area (Å²) in [5.41, 5.74) is 6.95. The summed E-state index contributed by atoms with van der Waals surface area (Å²) in [5.74, 6) is 0. The zero-order valence-corrected chi connectivity index (χ0v) is 16.9. The molecule has 134 valence electrons. The van der Waals surface area contributed by atoms with Gasteiger partial charge in [-0.3, -0.25) is 0 Å². The molecule has 0 aliphatic carbocycles. The molecule has 3 aromatic rings. The number of para-hydroxylation sites is 1. The first kappa shape index (κ1) is 18.9. The number of allylic oxidation sites excluding steroid dienone is 5. The topological polar surface area (TPSA) is 12.0 Å². The largest absolute Gasteiger partial charge is 0.355 e. The zero-order valence-electron chi connectivity index (χ0n) is 15.3. The van der Waals surface area contributed by atoms with Crippen LogP contribution in [-0.4, -0.2) is 0 Å². The number of halogens is 1. The van der Waals surface area contributed by atoms with Crippen molar-refractivity contribution in [1.82, 2.24) is 0 Å². The van der Waals surface area contributed by atoms with Crippen LogP contribution in [0.2, 0.25) is 0 Å². The fourth-order valence-corrected chi connectivity index (χ4v) is 3.11. The highest BCUT2D eigenvalue weighted by Crippen LogP contribution is 2.28. The van der Waals surface area contributed by atoms with Crippen molar-refractivity contribution < 1.29 is 0 Å². The van der Waals surface area contributed by atoms with Gasteiger partial charge in [-0.2, -0.15) is 0 Å². The molecule has 0 saturated heterocycles. The smallest absolute Gasteiger partial charge is 0.0460 e. The number of nitrogens with one attached hydrogen (secondary N) is 1. The van der Waals surface area contributed by atoms with Crippen LogP contribution in [0.5, 0.6) is 0 Å². The molecule has 0 spiro atoms. The zero-order chi connectivity index (χ0) is 19.1. The molecule has 27 heavy (non-hydrogen) atoms. The molecular formula is C25H22BrN. The van der Waals surface area contributed by atoms with Crippen molar-refractivity contribution in [1.29, 1.82) is 0 Å². The maximum absolute atomic E-state index is 3.71. The van der Waals surface area contributed by atoms with Gasteiger partial charge in [0, 0.05) is 21.4 Å². The lowest BCUT2D eigenvalue weighted by Crippen LogP contribution is -1.94. The molecule has 0 heterocycles. The Hall–Kier alpha value is -2.84. The Balaban J connectivity index is 1.81. The summed E-state index contributed by atoms with van der Waals surface area (Å²) in [6.07, 6.45) is 7.81. The molecule has 0 unspecified atom stereocenters. The van der Waals surface area contributed by atoms with E-state index in [1.54, 1.807) is 6.08 Å². The third kappa shape index (κ3) is 5.08. The maximum Gasteiger partial charge on any atom is 0.0460 e. The van der Waals surface area contributed by atoms with Crippen LogP contribution in [-0.2, 0) is 0 Å². The van der Waals surface area contributed by atoms with E-state index in [9.17, 15) is 0 Å². The van der Waals surface area contributed by atoms with Gasteiger partial charge in [0.05, 0.1) is 0 Å². The van der Waals surface area contributed by atoms with Gasteiger partial charge in [-0.15, -0.1) is 0 Å². The van der Waals surface area contributed by atoms with Gasteiger partial charge < -0.3 is 5.32 Å². The third-order valence-corrected chi connectivity index (χ3v) is 4.82. The predicted molar refractivity (Wildman–Crippen MR) is 122 cm³/mol. The Kier molecular flexibility index (Phi) is 6.45. The van der Waals surface area contributed by atoms with Gasteiger partial charge in [-0.25, -0.2) is 0 Å². The molecule has 1 nitrogen and oxygen atoms in total. The summed E-state index contributed by atoms with van der Waals surface area (Å²) in [6.45, 7) is 5.82. The van der Waals surface area contributed by atoms with Gasteiger partial charge in [0.25, 0.3) is 0 Å². The molecule has 0 atom stereocenters. The van der Waals surface area contributed by atoms with Crippen LogP contribution in [0.3, 0.4) is 0 Å². The lowest BCUT2D eigenvalue weighted by Gasteiger charge is -2.13. The van der Waals surface area contributed by atoms with Crippen LogP contribution in [0.25, 0.3) is 16.7 Å². The lowest BCUT2D eigenvalue weighted by atomic mass is 10.0. The van der Waals surface area contributed by atoms with E-state index >= 15 is 0 Å². The van der Waals surface area contributed by atoms with E-state index in [2.05, 4.69) is 114 Å². The van der Waals surface area contributed by atoms with Gasteiger partial charge in [-0.1, -0.05) is 89.3 Å². The minimum Gasteiger partial charge on any atom is -0.355 e. The quantitative estimate of drug-likeness (QED) is 0.401. The Morgan fingerprint density at radius 2 is 1.48 bits per heavy atom. The molecule has 0 aliphatic rings. The molecule has 0 amide bonds. The predicted octanol–water partition coefficient (Wildman–Crippen LogP) is 8.01. The van der Waals surface area contributed by atoms with Crippen LogP contribution >= 0.6 is 15.9 Å².